The third-order valence-electron chi connectivity index (χ3n) is 3.14. The third kappa shape index (κ3) is 2.30. The fraction of sp³-hybridized carbons (Fsp3) is 0.417. The van der Waals surface area contributed by atoms with E-state index in [1.54, 1.807) is 0 Å². The van der Waals surface area contributed by atoms with Crippen LogP contribution in [0.25, 0.3) is 0 Å². The van der Waals surface area contributed by atoms with E-state index in [1.165, 1.54) is 4.90 Å². The molecule has 4 nitrogen and oxygen atoms in total. The molecule has 1 amide bonds. The Kier molecular flexibility index (Phi) is 3.40. The van der Waals surface area contributed by atoms with E-state index in [0.29, 0.717) is 19.8 Å². The van der Waals surface area contributed by atoms with Gasteiger partial charge in [-0.2, -0.15) is 0 Å². The number of nitrogens with zero attached hydrogens (tertiary/aromatic N) is 1. The summed E-state index contributed by atoms with van der Waals surface area (Å²) in [5.41, 5.74) is 0.341. The van der Waals surface area contributed by atoms with Gasteiger partial charge in [-0.1, -0.05) is 28.1 Å². The number of ether oxygens (including phenoxy) is 1. The molecule has 1 unspecified atom stereocenters. The molecular formula is C12H14BrNO3. The molecule has 92 valence electrons. The van der Waals surface area contributed by atoms with Gasteiger partial charge in [-0.15, -0.1) is 0 Å². The van der Waals surface area contributed by atoms with Crippen LogP contribution in [0.5, 0.6) is 0 Å². The van der Waals surface area contributed by atoms with Gasteiger partial charge in [0.2, 0.25) is 0 Å². The Morgan fingerprint density at radius 1 is 1.47 bits per heavy atom. The lowest BCUT2D eigenvalue weighted by Crippen LogP contribution is -2.54. The summed E-state index contributed by atoms with van der Waals surface area (Å²) >= 11 is 3.37. The maximum atomic E-state index is 11.3. The highest BCUT2D eigenvalue weighted by atomic mass is 79.9. The van der Waals surface area contributed by atoms with E-state index in [9.17, 15) is 9.90 Å². The van der Waals surface area contributed by atoms with Crippen LogP contribution >= 0.6 is 15.9 Å². The van der Waals surface area contributed by atoms with Crippen molar-refractivity contribution in [2.75, 3.05) is 19.8 Å². The molecule has 0 saturated carbocycles. The smallest absolute Gasteiger partial charge is 0.408 e. The maximum Gasteiger partial charge on any atom is 0.408 e. The van der Waals surface area contributed by atoms with E-state index in [2.05, 4.69) is 15.9 Å². The van der Waals surface area contributed by atoms with Crippen LogP contribution in [-0.4, -0.2) is 35.9 Å². The molecule has 1 saturated heterocycles. The van der Waals surface area contributed by atoms with E-state index in [0.717, 1.165) is 10.0 Å². The van der Waals surface area contributed by atoms with E-state index < -0.39 is 11.6 Å². The maximum absolute atomic E-state index is 11.3. The van der Waals surface area contributed by atoms with Gasteiger partial charge in [0.15, 0.2) is 0 Å². The second kappa shape index (κ2) is 4.66. The Morgan fingerprint density at radius 3 is 2.71 bits per heavy atom. The van der Waals surface area contributed by atoms with Crippen LogP contribution < -0.4 is 0 Å². The van der Waals surface area contributed by atoms with Crippen molar-refractivity contribution >= 4 is 22.0 Å². The molecule has 2 rings (SSSR count). The first-order valence-corrected chi connectivity index (χ1v) is 6.18. The van der Waals surface area contributed by atoms with Crippen LogP contribution in [0.2, 0.25) is 0 Å². The highest BCUT2D eigenvalue weighted by Crippen LogP contribution is 2.32. The number of rotatable bonds is 1. The Labute approximate surface area is 108 Å². The first-order valence-electron chi connectivity index (χ1n) is 5.38. The minimum absolute atomic E-state index is 0.390. The molecule has 0 aromatic heterocycles. The zero-order chi connectivity index (χ0) is 12.5. The number of halogens is 1. The number of benzene rings is 1. The SMILES string of the molecule is CC1(c2ccc(Br)cc2)COCCN1C(=O)O. The lowest BCUT2D eigenvalue weighted by atomic mass is 9.90. The molecular weight excluding hydrogens is 286 g/mol. The van der Waals surface area contributed by atoms with Gasteiger partial charge < -0.3 is 9.84 Å². The number of carbonyl (C=O) groups is 1. The first kappa shape index (κ1) is 12.4. The van der Waals surface area contributed by atoms with Gasteiger partial charge in [-0.05, 0) is 24.6 Å². The summed E-state index contributed by atoms with van der Waals surface area (Å²) in [5, 5.41) is 9.25. The van der Waals surface area contributed by atoms with E-state index >= 15 is 0 Å². The highest BCUT2D eigenvalue weighted by Gasteiger charge is 2.39. The van der Waals surface area contributed by atoms with Crippen LogP contribution in [0.3, 0.4) is 0 Å². The summed E-state index contributed by atoms with van der Waals surface area (Å²) in [5.74, 6) is 0. The molecule has 1 aromatic carbocycles. The molecule has 0 radical (unpaired) electrons. The lowest BCUT2D eigenvalue weighted by molar-refractivity contribution is -0.0505. The van der Waals surface area contributed by atoms with E-state index in [1.807, 2.05) is 31.2 Å². The fourth-order valence-electron chi connectivity index (χ4n) is 2.11. The van der Waals surface area contributed by atoms with Crippen LogP contribution in [0.4, 0.5) is 4.79 Å². The second-order valence-corrected chi connectivity index (χ2v) is 5.18. The number of carboxylic acid groups (broad SMARTS) is 1. The number of amides is 1. The van der Waals surface area contributed by atoms with Gasteiger partial charge in [-0.25, -0.2) is 4.79 Å². The molecule has 1 atom stereocenters. The van der Waals surface area contributed by atoms with Gasteiger partial charge >= 0.3 is 6.09 Å². The zero-order valence-corrected chi connectivity index (χ0v) is 11.1. The van der Waals surface area contributed by atoms with Gasteiger partial charge in [0.05, 0.1) is 18.8 Å². The topological polar surface area (TPSA) is 49.8 Å². The van der Waals surface area contributed by atoms with Gasteiger partial charge in [0, 0.05) is 11.0 Å². The molecule has 1 aliphatic heterocycles. The second-order valence-electron chi connectivity index (χ2n) is 4.27. The quantitative estimate of drug-likeness (QED) is 0.867. The third-order valence-corrected chi connectivity index (χ3v) is 3.66. The minimum atomic E-state index is -0.904. The molecule has 1 aromatic rings. The van der Waals surface area contributed by atoms with E-state index in [4.69, 9.17) is 4.74 Å². The Balaban J connectivity index is 2.37. The van der Waals surface area contributed by atoms with Crippen LogP contribution in [0, 0.1) is 0 Å². The molecule has 1 N–H and O–H groups in total. The summed E-state index contributed by atoms with van der Waals surface area (Å²) in [6.45, 7) is 3.14. The monoisotopic (exact) mass is 299 g/mol. The molecule has 0 aliphatic carbocycles. The lowest BCUT2D eigenvalue weighted by Gasteiger charge is -2.43. The van der Waals surface area contributed by atoms with Gasteiger partial charge in [0.25, 0.3) is 0 Å². The fourth-order valence-corrected chi connectivity index (χ4v) is 2.37. The summed E-state index contributed by atoms with van der Waals surface area (Å²) in [6.07, 6.45) is -0.904. The summed E-state index contributed by atoms with van der Waals surface area (Å²) in [7, 11) is 0. The average molecular weight is 300 g/mol. The molecule has 5 heteroatoms. The van der Waals surface area contributed by atoms with Crippen LogP contribution in [0.1, 0.15) is 12.5 Å². The number of morpholine rings is 1. The van der Waals surface area contributed by atoms with E-state index in [-0.39, 0.29) is 0 Å². The average Bonchev–Trinajstić information content (AvgIpc) is 2.29. The number of hydrogen-bond donors (Lipinski definition) is 1. The van der Waals surface area contributed by atoms with Crippen molar-refractivity contribution < 1.29 is 14.6 Å². The summed E-state index contributed by atoms with van der Waals surface area (Å²) in [6, 6.07) is 7.67. The largest absolute Gasteiger partial charge is 0.465 e. The highest BCUT2D eigenvalue weighted by molar-refractivity contribution is 9.10. The van der Waals surface area contributed by atoms with Crippen LogP contribution in [0.15, 0.2) is 28.7 Å². The molecule has 17 heavy (non-hydrogen) atoms. The van der Waals surface area contributed by atoms with Crippen molar-refractivity contribution in [1.29, 1.82) is 0 Å². The van der Waals surface area contributed by atoms with Crippen molar-refractivity contribution in [2.24, 2.45) is 0 Å². The zero-order valence-electron chi connectivity index (χ0n) is 9.52. The summed E-state index contributed by atoms with van der Waals surface area (Å²) < 4.78 is 6.41. The van der Waals surface area contributed by atoms with Crippen molar-refractivity contribution in [1.82, 2.24) is 4.90 Å². The first-order chi connectivity index (χ1) is 8.04. The van der Waals surface area contributed by atoms with Crippen molar-refractivity contribution in [3.8, 4) is 0 Å². The minimum Gasteiger partial charge on any atom is -0.465 e. The number of hydrogen-bond acceptors (Lipinski definition) is 2. The normalized spacial score (nSPS) is 24.7. The van der Waals surface area contributed by atoms with Crippen LogP contribution in [-0.2, 0) is 10.3 Å². The van der Waals surface area contributed by atoms with Gasteiger partial charge in [-0.3, -0.25) is 4.90 Å². The standard InChI is InChI=1S/C12H14BrNO3/c1-12(9-2-4-10(13)5-3-9)8-17-7-6-14(12)11(15)16/h2-5H,6-8H2,1H3,(H,15,16). The predicted octanol–water partition coefficient (Wildman–Crippen LogP) is 2.67. The Bertz CT molecular complexity index is 420. The molecule has 1 heterocycles. The van der Waals surface area contributed by atoms with Crippen molar-refractivity contribution in [3.05, 3.63) is 34.3 Å². The molecule has 0 bridgehead atoms. The predicted molar refractivity (Wildman–Crippen MR) is 67.0 cm³/mol. The Hall–Kier alpha value is -1.07. The molecule has 0 spiro atoms. The Morgan fingerprint density at radius 2 is 2.12 bits per heavy atom. The summed E-state index contributed by atoms with van der Waals surface area (Å²) in [4.78, 5) is 12.7. The van der Waals surface area contributed by atoms with Crippen molar-refractivity contribution in [3.63, 3.8) is 0 Å². The molecule has 1 fully saturated rings. The molecule has 1 aliphatic rings. The van der Waals surface area contributed by atoms with Gasteiger partial charge in [0.1, 0.15) is 0 Å². The van der Waals surface area contributed by atoms with Crippen molar-refractivity contribution in [2.45, 2.75) is 12.5 Å².